The zero-order valence-electron chi connectivity index (χ0n) is 7.15. The average Bonchev–Trinajstić information content (AvgIpc) is 2.06. The zero-order chi connectivity index (χ0) is 9.03. The smallest absolute Gasteiger partial charge is 0.270 e. The molecule has 0 amide bonds. The predicted octanol–water partition coefficient (Wildman–Crippen LogP) is 0.532. The summed E-state index contributed by atoms with van der Waals surface area (Å²) in [7, 11) is -3.31. The second-order valence-corrected chi connectivity index (χ2v) is 4.60. The lowest BCUT2D eigenvalue weighted by Gasteiger charge is -2.21. The number of ether oxygens (including phenoxy) is 1. The summed E-state index contributed by atoms with van der Waals surface area (Å²) in [5.74, 6) is 0. The summed E-state index contributed by atoms with van der Waals surface area (Å²) in [6, 6.07) is 0. The van der Waals surface area contributed by atoms with Gasteiger partial charge in [-0.3, -0.25) is 4.18 Å². The fourth-order valence-corrected chi connectivity index (χ4v) is 2.52. The lowest BCUT2D eigenvalue weighted by molar-refractivity contribution is 0.0958. The van der Waals surface area contributed by atoms with E-state index in [4.69, 9.17) is 4.74 Å². The van der Waals surface area contributed by atoms with Crippen LogP contribution in [0, 0.1) is 0 Å². The van der Waals surface area contributed by atoms with E-state index in [1.807, 2.05) is 0 Å². The van der Waals surface area contributed by atoms with E-state index in [2.05, 4.69) is 4.18 Å². The monoisotopic (exact) mass is 194 g/mol. The van der Waals surface area contributed by atoms with Gasteiger partial charge in [-0.05, 0) is 19.8 Å². The molecule has 0 radical (unpaired) electrons. The Labute approximate surface area is 73.0 Å². The Bertz CT molecular complexity index is 216. The molecular weight excluding hydrogens is 180 g/mol. The highest BCUT2D eigenvalue weighted by Crippen LogP contribution is 2.16. The lowest BCUT2D eigenvalue weighted by Crippen LogP contribution is -2.30. The summed E-state index contributed by atoms with van der Waals surface area (Å²) in [6.45, 7) is 2.95. The van der Waals surface area contributed by atoms with Crippen molar-refractivity contribution in [1.29, 1.82) is 0 Å². The lowest BCUT2D eigenvalue weighted by atomic mass is 10.2. The zero-order valence-corrected chi connectivity index (χ0v) is 7.97. The van der Waals surface area contributed by atoms with Gasteiger partial charge >= 0.3 is 0 Å². The molecule has 0 aromatic heterocycles. The van der Waals surface area contributed by atoms with Gasteiger partial charge in [-0.2, -0.15) is 8.42 Å². The molecular formula is C7H14O4S. The van der Waals surface area contributed by atoms with Crippen LogP contribution in [0.15, 0.2) is 0 Å². The van der Waals surface area contributed by atoms with Crippen molar-refractivity contribution in [3.05, 3.63) is 0 Å². The molecule has 12 heavy (non-hydrogen) atoms. The van der Waals surface area contributed by atoms with E-state index in [-0.39, 0.29) is 11.9 Å². The van der Waals surface area contributed by atoms with Crippen molar-refractivity contribution in [2.24, 2.45) is 0 Å². The highest BCUT2D eigenvalue weighted by atomic mass is 32.2. The Morgan fingerprint density at radius 1 is 1.42 bits per heavy atom. The SMILES string of the molecule is CCOS(=O)(=O)C1CCOCC1. The fourth-order valence-electron chi connectivity index (χ4n) is 1.23. The summed E-state index contributed by atoms with van der Waals surface area (Å²) in [6.07, 6.45) is 1.12. The van der Waals surface area contributed by atoms with Crippen LogP contribution in [0.1, 0.15) is 19.8 Å². The molecule has 1 saturated heterocycles. The van der Waals surface area contributed by atoms with E-state index < -0.39 is 10.1 Å². The summed E-state index contributed by atoms with van der Waals surface area (Å²) in [4.78, 5) is 0. The van der Waals surface area contributed by atoms with Crippen molar-refractivity contribution in [3.63, 3.8) is 0 Å². The van der Waals surface area contributed by atoms with Crippen LogP contribution in [0.25, 0.3) is 0 Å². The van der Waals surface area contributed by atoms with Gasteiger partial charge in [-0.1, -0.05) is 0 Å². The standard InChI is InChI=1S/C7H14O4S/c1-2-11-12(8,9)7-3-5-10-6-4-7/h7H,2-6H2,1H3. The van der Waals surface area contributed by atoms with Gasteiger partial charge in [-0.15, -0.1) is 0 Å². The van der Waals surface area contributed by atoms with Gasteiger partial charge in [0, 0.05) is 13.2 Å². The van der Waals surface area contributed by atoms with Crippen LogP contribution in [0.4, 0.5) is 0 Å². The van der Waals surface area contributed by atoms with Crippen molar-refractivity contribution in [2.45, 2.75) is 25.0 Å². The second-order valence-electron chi connectivity index (χ2n) is 2.71. The first kappa shape index (κ1) is 9.95. The van der Waals surface area contributed by atoms with Crippen molar-refractivity contribution in [3.8, 4) is 0 Å². The minimum Gasteiger partial charge on any atom is -0.381 e. The molecule has 1 rings (SSSR count). The van der Waals surface area contributed by atoms with E-state index >= 15 is 0 Å². The van der Waals surface area contributed by atoms with Gasteiger partial charge in [0.05, 0.1) is 11.9 Å². The molecule has 0 aromatic rings. The third kappa shape index (κ3) is 2.43. The predicted molar refractivity (Wildman–Crippen MR) is 44.4 cm³/mol. The molecule has 0 unspecified atom stereocenters. The minimum absolute atomic E-state index is 0.222. The molecule has 0 aromatic carbocycles. The Morgan fingerprint density at radius 2 is 2.00 bits per heavy atom. The third-order valence-corrected chi connectivity index (χ3v) is 3.71. The largest absolute Gasteiger partial charge is 0.381 e. The topological polar surface area (TPSA) is 52.6 Å². The van der Waals surface area contributed by atoms with E-state index in [1.165, 1.54) is 0 Å². The van der Waals surface area contributed by atoms with E-state index in [0.29, 0.717) is 26.1 Å². The minimum atomic E-state index is -3.31. The van der Waals surface area contributed by atoms with Crippen molar-refractivity contribution in [1.82, 2.24) is 0 Å². The summed E-state index contributed by atoms with van der Waals surface area (Å²) >= 11 is 0. The molecule has 0 saturated carbocycles. The van der Waals surface area contributed by atoms with Gasteiger partial charge in [0.1, 0.15) is 0 Å². The molecule has 0 spiro atoms. The van der Waals surface area contributed by atoms with Gasteiger partial charge in [0.25, 0.3) is 10.1 Å². The molecule has 1 fully saturated rings. The molecule has 1 aliphatic heterocycles. The Hall–Kier alpha value is -0.130. The maximum absolute atomic E-state index is 11.3. The molecule has 0 aliphatic carbocycles. The quantitative estimate of drug-likeness (QED) is 0.615. The first-order valence-corrected chi connectivity index (χ1v) is 5.60. The molecule has 0 N–H and O–H groups in total. The van der Waals surface area contributed by atoms with E-state index in [1.54, 1.807) is 6.92 Å². The summed E-state index contributed by atoms with van der Waals surface area (Å²) < 4.78 is 32.4. The molecule has 1 heterocycles. The van der Waals surface area contributed by atoms with E-state index in [0.717, 1.165) is 0 Å². The normalized spacial score (nSPS) is 21.1. The highest BCUT2D eigenvalue weighted by Gasteiger charge is 2.27. The maximum atomic E-state index is 11.3. The average molecular weight is 194 g/mol. The van der Waals surface area contributed by atoms with Gasteiger partial charge < -0.3 is 4.74 Å². The fraction of sp³-hybridized carbons (Fsp3) is 1.00. The summed E-state index contributed by atoms with van der Waals surface area (Å²) in [5, 5.41) is -0.355. The summed E-state index contributed by atoms with van der Waals surface area (Å²) in [5.41, 5.74) is 0. The highest BCUT2D eigenvalue weighted by molar-refractivity contribution is 7.87. The van der Waals surface area contributed by atoms with Crippen LogP contribution in [0.5, 0.6) is 0 Å². The number of rotatable bonds is 3. The molecule has 1 aliphatic rings. The Kier molecular flexibility index (Phi) is 3.49. The van der Waals surface area contributed by atoms with Gasteiger partial charge in [0.15, 0.2) is 0 Å². The molecule has 72 valence electrons. The first-order chi connectivity index (χ1) is 5.67. The second kappa shape index (κ2) is 4.20. The van der Waals surface area contributed by atoms with Crippen molar-refractivity contribution >= 4 is 10.1 Å². The van der Waals surface area contributed by atoms with Crippen LogP contribution >= 0.6 is 0 Å². The molecule has 0 bridgehead atoms. The third-order valence-electron chi connectivity index (χ3n) is 1.86. The van der Waals surface area contributed by atoms with E-state index in [9.17, 15) is 8.42 Å². The molecule has 5 heteroatoms. The van der Waals surface area contributed by atoms with Crippen LogP contribution in [-0.4, -0.2) is 33.5 Å². The number of hydrogen-bond acceptors (Lipinski definition) is 4. The van der Waals surface area contributed by atoms with Crippen LogP contribution < -0.4 is 0 Å². The Morgan fingerprint density at radius 3 is 2.50 bits per heavy atom. The van der Waals surface area contributed by atoms with Crippen LogP contribution in [0.2, 0.25) is 0 Å². The van der Waals surface area contributed by atoms with Crippen molar-refractivity contribution in [2.75, 3.05) is 19.8 Å². The first-order valence-electron chi connectivity index (χ1n) is 4.13. The van der Waals surface area contributed by atoms with Gasteiger partial charge in [0.2, 0.25) is 0 Å². The van der Waals surface area contributed by atoms with Crippen LogP contribution in [0.3, 0.4) is 0 Å². The number of hydrogen-bond donors (Lipinski definition) is 0. The molecule has 4 nitrogen and oxygen atoms in total. The molecule has 0 atom stereocenters. The maximum Gasteiger partial charge on any atom is 0.270 e. The Balaban J connectivity index is 2.54. The van der Waals surface area contributed by atoms with Gasteiger partial charge in [-0.25, -0.2) is 0 Å². The van der Waals surface area contributed by atoms with Crippen molar-refractivity contribution < 1.29 is 17.3 Å². The van der Waals surface area contributed by atoms with Crippen LogP contribution in [-0.2, 0) is 19.0 Å².